The minimum absolute atomic E-state index is 0.347. The van der Waals surface area contributed by atoms with E-state index in [1.807, 2.05) is 19.9 Å². The molecule has 1 aromatic carbocycles. The number of ether oxygens (including phenoxy) is 3. The van der Waals surface area contributed by atoms with Crippen LogP contribution in [-0.4, -0.2) is 32.3 Å². The first kappa shape index (κ1) is 20.6. The molecular formula is C20H28N2O5. The third-order valence-electron chi connectivity index (χ3n) is 4.20. The first-order valence-corrected chi connectivity index (χ1v) is 9.27. The number of nitrogens with one attached hydrogen (secondary N) is 2. The molecule has 7 nitrogen and oxygen atoms in total. The SMILES string of the molecule is CCCCOC(=O)C1=C(C)NC(=O)N[C@@H]1c1ccc(OCCC)c(OC)c1. The molecule has 0 radical (unpaired) electrons. The van der Waals surface area contributed by atoms with Gasteiger partial charge in [-0.05, 0) is 37.5 Å². The number of unbranched alkanes of at least 4 members (excludes halogenated alkanes) is 1. The van der Waals surface area contributed by atoms with Crippen molar-refractivity contribution in [2.45, 2.75) is 46.1 Å². The Kier molecular flexibility index (Phi) is 7.52. The van der Waals surface area contributed by atoms with Crippen molar-refractivity contribution in [3.63, 3.8) is 0 Å². The van der Waals surface area contributed by atoms with Crippen molar-refractivity contribution in [2.24, 2.45) is 0 Å². The van der Waals surface area contributed by atoms with Crippen molar-refractivity contribution >= 4 is 12.0 Å². The van der Waals surface area contributed by atoms with E-state index in [1.165, 1.54) is 0 Å². The summed E-state index contributed by atoms with van der Waals surface area (Å²) in [4.78, 5) is 24.6. The quantitative estimate of drug-likeness (QED) is 0.509. The summed E-state index contributed by atoms with van der Waals surface area (Å²) in [6, 6.07) is 4.38. The number of hydrogen-bond acceptors (Lipinski definition) is 5. The normalized spacial score (nSPS) is 16.4. The molecule has 2 rings (SSSR count). The highest BCUT2D eigenvalue weighted by atomic mass is 16.5. The predicted octanol–water partition coefficient (Wildman–Crippen LogP) is 3.46. The maximum absolute atomic E-state index is 12.6. The lowest BCUT2D eigenvalue weighted by atomic mass is 9.95. The molecule has 0 saturated heterocycles. The average Bonchev–Trinajstić information content (AvgIpc) is 2.65. The molecule has 1 aliphatic rings. The van der Waals surface area contributed by atoms with Gasteiger partial charge in [-0.15, -0.1) is 0 Å². The van der Waals surface area contributed by atoms with Gasteiger partial charge in [-0.1, -0.05) is 26.3 Å². The van der Waals surface area contributed by atoms with Gasteiger partial charge >= 0.3 is 12.0 Å². The molecule has 0 bridgehead atoms. The molecule has 148 valence electrons. The summed E-state index contributed by atoms with van der Waals surface area (Å²) in [5.41, 5.74) is 1.58. The zero-order valence-corrected chi connectivity index (χ0v) is 16.4. The first-order valence-electron chi connectivity index (χ1n) is 9.27. The zero-order chi connectivity index (χ0) is 19.8. The largest absolute Gasteiger partial charge is 0.493 e. The molecule has 0 unspecified atom stereocenters. The minimum atomic E-state index is -0.623. The van der Waals surface area contributed by atoms with Crippen LogP contribution < -0.4 is 20.1 Å². The van der Waals surface area contributed by atoms with Crippen molar-refractivity contribution in [1.29, 1.82) is 0 Å². The molecule has 1 atom stereocenters. The van der Waals surface area contributed by atoms with Crippen molar-refractivity contribution in [3.8, 4) is 11.5 Å². The molecule has 0 aliphatic carbocycles. The van der Waals surface area contributed by atoms with E-state index in [9.17, 15) is 9.59 Å². The van der Waals surface area contributed by atoms with Crippen LogP contribution in [0.2, 0.25) is 0 Å². The third-order valence-corrected chi connectivity index (χ3v) is 4.20. The van der Waals surface area contributed by atoms with Gasteiger partial charge in [0, 0.05) is 5.70 Å². The van der Waals surface area contributed by atoms with Crippen LogP contribution in [0, 0.1) is 0 Å². The van der Waals surface area contributed by atoms with E-state index in [0.717, 1.165) is 19.3 Å². The number of methoxy groups -OCH3 is 1. The summed E-state index contributed by atoms with van der Waals surface area (Å²) >= 11 is 0. The summed E-state index contributed by atoms with van der Waals surface area (Å²) in [6.45, 7) is 6.67. The second-order valence-corrected chi connectivity index (χ2v) is 6.32. The Labute approximate surface area is 160 Å². The number of benzene rings is 1. The van der Waals surface area contributed by atoms with Gasteiger partial charge in [-0.2, -0.15) is 0 Å². The van der Waals surface area contributed by atoms with Crippen LogP contribution in [0.1, 0.15) is 51.6 Å². The Morgan fingerprint density at radius 3 is 2.59 bits per heavy atom. The Morgan fingerprint density at radius 2 is 1.93 bits per heavy atom. The third kappa shape index (κ3) is 5.15. The van der Waals surface area contributed by atoms with E-state index in [0.29, 0.717) is 41.5 Å². The highest BCUT2D eigenvalue weighted by Crippen LogP contribution is 2.34. The number of rotatable bonds is 9. The lowest BCUT2D eigenvalue weighted by Crippen LogP contribution is -2.45. The second-order valence-electron chi connectivity index (χ2n) is 6.32. The van der Waals surface area contributed by atoms with Gasteiger partial charge in [0.2, 0.25) is 0 Å². The van der Waals surface area contributed by atoms with E-state index >= 15 is 0 Å². The number of carbonyl (C=O) groups excluding carboxylic acids is 2. The highest BCUT2D eigenvalue weighted by Gasteiger charge is 2.32. The standard InChI is InChI=1S/C20H28N2O5/c1-5-7-11-27-19(23)17-13(3)21-20(24)22-18(17)14-8-9-15(26-10-6-2)16(12-14)25-4/h8-9,12,18H,5-7,10-11H2,1-4H3,(H2,21,22,24)/t18-/m1/s1. The first-order chi connectivity index (χ1) is 13.0. The molecule has 27 heavy (non-hydrogen) atoms. The number of urea groups is 1. The van der Waals surface area contributed by atoms with E-state index in [1.54, 1.807) is 26.2 Å². The van der Waals surface area contributed by atoms with Gasteiger partial charge in [0.15, 0.2) is 11.5 Å². The van der Waals surface area contributed by atoms with E-state index in [4.69, 9.17) is 14.2 Å². The van der Waals surface area contributed by atoms with E-state index in [2.05, 4.69) is 10.6 Å². The summed E-state index contributed by atoms with van der Waals surface area (Å²) in [7, 11) is 1.56. The Hall–Kier alpha value is -2.70. The van der Waals surface area contributed by atoms with Gasteiger partial charge in [0.25, 0.3) is 0 Å². The Morgan fingerprint density at radius 1 is 1.15 bits per heavy atom. The van der Waals surface area contributed by atoms with Crippen LogP contribution in [-0.2, 0) is 9.53 Å². The molecule has 2 amide bonds. The van der Waals surface area contributed by atoms with Gasteiger partial charge in [0.1, 0.15) is 0 Å². The summed E-state index contributed by atoms with van der Waals surface area (Å²) in [5, 5.41) is 5.43. The summed E-state index contributed by atoms with van der Waals surface area (Å²) in [6.07, 6.45) is 2.60. The van der Waals surface area contributed by atoms with Crippen molar-refractivity contribution in [2.75, 3.05) is 20.3 Å². The fourth-order valence-corrected chi connectivity index (χ4v) is 2.80. The lowest BCUT2D eigenvalue weighted by Gasteiger charge is -2.28. The summed E-state index contributed by atoms with van der Waals surface area (Å²) in [5.74, 6) is 0.727. The van der Waals surface area contributed by atoms with Crippen LogP contribution in [0.4, 0.5) is 4.79 Å². The number of esters is 1. The van der Waals surface area contributed by atoms with Gasteiger partial charge in [-0.3, -0.25) is 0 Å². The molecule has 0 fully saturated rings. The monoisotopic (exact) mass is 376 g/mol. The number of carbonyl (C=O) groups is 2. The average molecular weight is 376 g/mol. The summed E-state index contributed by atoms with van der Waals surface area (Å²) < 4.78 is 16.5. The number of hydrogen-bond donors (Lipinski definition) is 2. The molecular weight excluding hydrogens is 348 g/mol. The minimum Gasteiger partial charge on any atom is -0.493 e. The highest BCUT2D eigenvalue weighted by molar-refractivity contribution is 5.95. The Bertz CT molecular complexity index is 714. The van der Waals surface area contributed by atoms with Crippen LogP contribution >= 0.6 is 0 Å². The van der Waals surface area contributed by atoms with Gasteiger partial charge in [0.05, 0.1) is 31.9 Å². The fourth-order valence-electron chi connectivity index (χ4n) is 2.80. The van der Waals surface area contributed by atoms with Crippen LogP contribution in [0.3, 0.4) is 0 Å². The molecule has 7 heteroatoms. The molecule has 1 aliphatic heterocycles. The predicted molar refractivity (Wildman–Crippen MR) is 102 cm³/mol. The second kappa shape index (κ2) is 9.85. The molecule has 1 aromatic rings. The maximum atomic E-state index is 12.6. The number of allylic oxidation sites excluding steroid dienone is 1. The zero-order valence-electron chi connectivity index (χ0n) is 16.4. The van der Waals surface area contributed by atoms with Crippen LogP contribution in [0.15, 0.2) is 29.5 Å². The van der Waals surface area contributed by atoms with Crippen molar-refractivity contribution in [1.82, 2.24) is 10.6 Å². The van der Waals surface area contributed by atoms with Crippen LogP contribution in [0.5, 0.6) is 11.5 Å². The molecule has 2 N–H and O–H groups in total. The smallest absolute Gasteiger partial charge is 0.338 e. The van der Waals surface area contributed by atoms with E-state index in [-0.39, 0.29) is 6.03 Å². The molecule has 0 aromatic heterocycles. The van der Waals surface area contributed by atoms with Crippen LogP contribution in [0.25, 0.3) is 0 Å². The molecule has 0 saturated carbocycles. The molecule has 0 spiro atoms. The number of amides is 2. The maximum Gasteiger partial charge on any atom is 0.338 e. The van der Waals surface area contributed by atoms with E-state index < -0.39 is 12.0 Å². The lowest BCUT2D eigenvalue weighted by molar-refractivity contribution is -0.139. The Balaban J connectivity index is 2.33. The van der Waals surface area contributed by atoms with Gasteiger partial charge < -0.3 is 24.8 Å². The molecule has 1 heterocycles. The topological polar surface area (TPSA) is 85.9 Å². The fraction of sp³-hybridized carbons (Fsp3) is 0.500. The van der Waals surface area contributed by atoms with Crippen molar-refractivity contribution in [3.05, 3.63) is 35.0 Å². The van der Waals surface area contributed by atoms with Gasteiger partial charge in [-0.25, -0.2) is 9.59 Å². The van der Waals surface area contributed by atoms with Crippen molar-refractivity contribution < 1.29 is 23.8 Å².